The summed E-state index contributed by atoms with van der Waals surface area (Å²) in [6.07, 6.45) is 2.34. The van der Waals surface area contributed by atoms with Gasteiger partial charge in [-0.15, -0.1) is 11.3 Å². The van der Waals surface area contributed by atoms with Crippen molar-refractivity contribution in [2.24, 2.45) is 12.8 Å². The summed E-state index contributed by atoms with van der Waals surface area (Å²) >= 11 is 10.0. The molecule has 11 heteroatoms. The molecule has 0 fully saturated rings. The van der Waals surface area contributed by atoms with Crippen LogP contribution in [-0.2, 0) is 20.0 Å². The van der Waals surface area contributed by atoms with Crippen molar-refractivity contribution in [2.45, 2.75) is 19.9 Å². The fourth-order valence-corrected chi connectivity index (χ4v) is 5.27. The Morgan fingerprint density at radius 3 is 2.85 bits per heavy atom. The molecule has 1 aliphatic heterocycles. The number of nitrogens with two attached hydrogens (primary N) is 1. The number of amides is 2. The van der Waals surface area contributed by atoms with Gasteiger partial charge < -0.3 is 16.0 Å². The zero-order chi connectivity index (χ0) is 19.7. The molecule has 27 heavy (non-hydrogen) atoms. The second kappa shape index (κ2) is 8.05. The van der Waals surface area contributed by atoms with Crippen LogP contribution in [0.2, 0.25) is 0 Å². The van der Waals surface area contributed by atoms with Crippen LogP contribution in [0.1, 0.15) is 38.2 Å². The first-order valence-electron chi connectivity index (χ1n) is 8.39. The average molecular weight is 472 g/mol. The van der Waals surface area contributed by atoms with Gasteiger partial charge in [0.2, 0.25) is 0 Å². The third kappa shape index (κ3) is 4.05. The number of likely N-dealkylation sites (N-methyl/N-ethyl adjacent to an activating group) is 1. The van der Waals surface area contributed by atoms with Crippen LogP contribution in [0, 0.1) is 0 Å². The topological polar surface area (TPSA) is 106 Å². The number of thiophene rings is 1. The molecule has 2 aromatic heterocycles. The van der Waals surface area contributed by atoms with Crippen LogP contribution in [0.15, 0.2) is 10.7 Å². The first-order valence-corrected chi connectivity index (χ1v) is 10.4. The highest BCUT2D eigenvalue weighted by Gasteiger charge is 2.29. The molecule has 0 aromatic carbocycles. The maximum absolute atomic E-state index is 12.4. The van der Waals surface area contributed by atoms with Gasteiger partial charge in [-0.1, -0.05) is 0 Å². The highest BCUT2D eigenvalue weighted by Crippen LogP contribution is 2.34. The Bertz CT molecular complexity index is 903. The van der Waals surface area contributed by atoms with E-state index in [2.05, 4.69) is 38.6 Å². The normalized spacial score (nSPS) is 15.9. The Labute approximate surface area is 174 Å². The Kier molecular flexibility index (Phi) is 5.94. The molecule has 5 N–H and O–H groups in total. The van der Waals surface area contributed by atoms with Crippen molar-refractivity contribution in [1.82, 2.24) is 15.1 Å². The Morgan fingerprint density at radius 1 is 1.52 bits per heavy atom. The lowest BCUT2D eigenvalue weighted by atomic mass is 10.0. The van der Waals surface area contributed by atoms with Crippen molar-refractivity contribution in [3.05, 3.63) is 32.4 Å². The summed E-state index contributed by atoms with van der Waals surface area (Å²) < 4.78 is 2.01. The van der Waals surface area contributed by atoms with Crippen LogP contribution in [0.3, 0.4) is 0 Å². The van der Waals surface area contributed by atoms with Crippen molar-refractivity contribution in [2.75, 3.05) is 18.4 Å². The minimum Gasteiger partial charge on any atom is -0.365 e. The maximum atomic E-state index is 12.4. The molecule has 0 aliphatic carbocycles. The van der Waals surface area contributed by atoms with Gasteiger partial charge in [-0.25, -0.2) is 0 Å². The standard InChI is InChI=1S/C16H19BrN6O2S2/c1-3-23-5-4-8-10(7-23)27-15(11(8)13(18)24)21-16(26)20-14(25)12-9(17)6-19-22(12)2/h6H,3-5,7H2,1-2H3,(H2,18,24)(H2,20,21,25,26)/p+1. The highest BCUT2D eigenvalue weighted by atomic mass is 79.9. The zero-order valence-corrected chi connectivity index (χ0v) is 18.1. The van der Waals surface area contributed by atoms with Gasteiger partial charge >= 0.3 is 0 Å². The first kappa shape index (κ1) is 19.9. The number of carbonyl (C=O) groups is 2. The van der Waals surface area contributed by atoms with Crippen molar-refractivity contribution < 1.29 is 14.5 Å². The van der Waals surface area contributed by atoms with E-state index in [1.165, 1.54) is 27.1 Å². The lowest BCUT2D eigenvalue weighted by Crippen LogP contribution is -3.11. The molecular formula is C16H20BrN6O2S2+. The Morgan fingerprint density at radius 2 is 2.26 bits per heavy atom. The molecule has 2 amide bonds. The molecule has 0 saturated heterocycles. The predicted octanol–water partition coefficient (Wildman–Crippen LogP) is 0.431. The van der Waals surface area contributed by atoms with Gasteiger partial charge in [0.25, 0.3) is 11.8 Å². The van der Waals surface area contributed by atoms with E-state index in [0.717, 1.165) is 36.5 Å². The first-order chi connectivity index (χ1) is 12.8. The minimum atomic E-state index is -0.488. The largest absolute Gasteiger partial charge is 0.365 e. The summed E-state index contributed by atoms with van der Waals surface area (Å²) in [4.78, 5) is 27.0. The fraction of sp³-hybridized carbons (Fsp3) is 0.375. The number of hydrogen-bond donors (Lipinski definition) is 4. The summed E-state index contributed by atoms with van der Waals surface area (Å²) in [6.45, 7) is 5.00. The Hall–Kier alpha value is -1.82. The summed E-state index contributed by atoms with van der Waals surface area (Å²) in [7, 11) is 1.66. The second-order valence-electron chi connectivity index (χ2n) is 6.23. The predicted molar refractivity (Wildman–Crippen MR) is 111 cm³/mol. The van der Waals surface area contributed by atoms with Gasteiger partial charge in [0.15, 0.2) is 5.11 Å². The number of halogens is 1. The molecule has 3 heterocycles. The van der Waals surface area contributed by atoms with E-state index in [1.54, 1.807) is 7.05 Å². The number of anilines is 1. The molecule has 144 valence electrons. The summed E-state index contributed by atoms with van der Waals surface area (Å²) in [6, 6.07) is 0. The van der Waals surface area contributed by atoms with Crippen LogP contribution in [-0.4, -0.2) is 39.8 Å². The van der Waals surface area contributed by atoms with Crippen LogP contribution < -0.4 is 21.3 Å². The van der Waals surface area contributed by atoms with Crippen molar-refractivity contribution in [1.29, 1.82) is 0 Å². The number of thiocarbonyl (C=S) groups is 1. The lowest BCUT2D eigenvalue weighted by molar-refractivity contribution is -0.913. The van der Waals surface area contributed by atoms with Gasteiger partial charge in [0.1, 0.15) is 17.2 Å². The molecule has 1 unspecified atom stereocenters. The number of quaternary nitrogens is 1. The second-order valence-corrected chi connectivity index (χ2v) is 8.59. The number of primary amides is 1. The van der Waals surface area contributed by atoms with Gasteiger partial charge in [-0.05, 0) is 40.6 Å². The van der Waals surface area contributed by atoms with Crippen LogP contribution in [0.4, 0.5) is 5.00 Å². The third-order valence-corrected chi connectivity index (χ3v) is 6.47. The minimum absolute atomic E-state index is 0.105. The molecule has 2 aromatic rings. The zero-order valence-electron chi connectivity index (χ0n) is 14.9. The van der Waals surface area contributed by atoms with E-state index >= 15 is 0 Å². The summed E-state index contributed by atoms with van der Waals surface area (Å²) in [5.41, 5.74) is 7.44. The SMILES string of the molecule is CC[NH+]1CCc2c(sc(NC(=S)NC(=O)c3c(Br)cnn3C)c2C(N)=O)C1. The molecular weight excluding hydrogens is 452 g/mol. The quantitative estimate of drug-likeness (QED) is 0.483. The molecule has 0 saturated carbocycles. The van der Waals surface area contributed by atoms with E-state index < -0.39 is 11.8 Å². The van der Waals surface area contributed by atoms with Gasteiger partial charge in [0.05, 0.1) is 34.2 Å². The molecule has 0 radical (unpaired) electrons. The van der Waals surface area contributed by atoms with E-state index in [-0.39, 0.29) is 5.11 Å². The number of nitrogens with zero attached hydrogens (tertiary/aromatic N) is 2. The van der Waals surface area contributed by atoms with Crippen LogP contribution >= 0.6 is 39.5 Å². The Balaban J connectivity index is 1.79. The molecule has 0 spiro atoms. The maximum Gasteiger partial charge on any atom is 0.276 e. The van der Waals surface area contributed by atoms with Crippen molar-refractivity contribution >= 4 is 61.4 Å². The average Bonchev–Trinajstić information content (AvgIpc) is 3.12. The third-order valence-electron chi connectivity index (χ3n) is 4.54. The highest BCUT2D eigenvalue weighted by molar-refractivity contribution is 9.10. The van der Waals surface area contributed by atoms with E-state index in [9.17, 15) is 9.59 Å². The molecule has 1 atom stereocenters. The molecule has 8 nitrogen and oxygen atoms in total. The number of carbonyl (C=O) groups excluding carboxylic acids is 2. The number of fused-ring (bicyclic) bond motifs is 1. The number of nitrogens with one attached hydrogen (secondary N) is 3. The van der Waals surface area contributed by atoms with E-state index in [0.29, 0.717) is 20.7 Å². The fourth-order valence-electron chi connectivity index (χ4n) is 3.15. The van der Waals surface area contributed by atoms with E-state index in [4.69, 9.17) is 18.0 Å². The lowest BCUT2D eigenvalue weighted by Gasteiger charge is -2.22. The smallest absolute Gasteiger partial charge is 0.276 e. The van der Waals surface area contributed by atoms with Crippen LogP contribution in [0.5, 0.6) is 0 Å². The van der Waals surface area contributed by atoms with Crippen molar-refractivity contribution in [3.63, 3.8) is 0 Å². The van der Waals surface area contributed by atoms with Gasteiger partial charge in [-0.3, -0.25) is 19.6 Å². The molecule has 0 bridgehead atoms. The van der Waals surface area contributed by atoms with Gasteiger partial charge in [-0.2, -0.15) is 5.10 Å². The number of aryl methyl sites for hydroxylation is 1. The monoisotopic (exact) mass is 471 g/mol. The van der Waals surface area contributed by atoms with Gasteiger partial charge in [0, 0.05) is 13.5 Å². The summed E-state index contributed by atoms with van der Waals surface area (Å²) in [5.74, 6) is -0.888. The molecule has 1 aliphatic rings. The number of aromatic nitrogens is 2. The van der Waals surface area contributed by atoms with Crippen molar-refractivity contribution in [3.8, 4) is 0 Å². The van der Waals surface area contributed by atoms with E-state index in [1.807, 2.05) is 0 Å². The molecule has 3 rings (SSSR count). The number of rotatable bonds is 4. The number of hydrogen-bond acceptors (Lipinski definition) is 5. The summed E-state index contributed by atoms with van der Waals surface area (Å²) in [5, 5.41) is 10.3. The van der Waals surface area contributed by atoms with Crippen LogP contribution in [0.25, 0.3) is 0 Å².